The summed E-state index contributed by atoms with van der Waals surface area (Å²) in [7, 11) is 1.62. The van der Waals surface area contributed by atoms with Crippen LogP contribution in [0.15, 0.2) is 42.5 Å². The van der Waals surface area contributed by atoms with E-state index in [0.717, 1.165) is 28.1 Å². The number of likely N-dealkylation sites (tertiary alicyclic amines) is 1. The van der Waals surface area contributed by atoms with E-state index >= 15 is 0 Å². The van der Waals surface area contributed by atoms with Crippen molar-refractivity contribution in [3.63, 3.8) is 0 Å². The predicted molar refractivity (Wildman–Crippen MR) is 110 cm³/mol. The fourth-order valence-corrected chi connectivity index (χ4v) is 3.75. The van der Waals surface area contributed by atoms with Crippen LogP contribution in [0.3, 0.4) is 0 Å². The number of carbonyl (C=O) groups is 1. The van der Waals surface area contributed by atoms with Gasteiger partial charge in [0.1, 0.15) is 11.4 Å². The molecule has 1 saturated heterocycles. The van der Waals surface area contributed by atoms with Crippen LogP contribution in [0.4, 0.5) is 0 Å². The molecule has 2 aromatic carbocycles. The van der Waals surface area contributed by atoms with Gasteiger partial charge in [-0.15, -0.1) is 0 Å². The second kappa shape index (κ2) is 7.44. The van der Waals surface area contributed by atoms with Crippen LogP contribution in [-0.2, 0) is 0 Å². The molecule has 1 aromatic heterocycles. The summed E-state index contributed by atoms with van der Waals surface area (Å²) >= 11 is 0. The Labute approximate surface area is 169 Å². The molecule has 3 aromatic rings. The highest BCUT2D eigenvalue weighted by Gasteiger charge is 2.32. The molecule has 4 rings (SSSR count). The van der Waals surface area contributed by atoms with Crippen LogP contribution >= 0.6 is 0 Å². The van der Waals surface area contributed by atoms with Crippen LogP contribution in [0, 0.1) is 25.2 Å². The van der Waals surface area contributed by atoms with Crippen molar-refractivity contribution < 1.29 is 9.53 Å². The quantitative estimate of drug-likeness (QED) is 0.739. The van der Waals surface area contributed by atoms with Crippen LogP contribution in [-0.4, -0.2) is 41.2 Å². The van der Waals surface area contributed by atoms with Gasteiger partial charge in [0, 0.05) is 30.1 Å². The minimum absolute atomic E-state index is 0.0198. The van der Waals surface area contributed by atoms with E-state index in [1.54, 1.807) is 7.11 Å². The van der Waals surface area contributed by atoms with Crippen molar-refractivity contribution in [2.24, 2.45) is 0 Å². The van der Waals surface area contributed by atoms with E-state index in [1.165, 1.54) is 0 Å². The Bertz CT molecular complexity index is 1100. The second-order valence-electron chi connectivity index (χ2n) is 7.39. The van der Waals surface area contributed by atoms with Crippen molar-refractivity contribution >= 4 is 5.91 Å². The maximum atomic E-state index is 13.0. The lowest BCUT2D eigenvalue weighted by atomic mass is 9.90. The molecule has 0 spiro atoms. The van der Waals surface area contributed by atoms with Gasteiger partial charge in [0.25, 0.3) is 5.91 Å². The summed E-state index contributed by atoms with van der Waals surface area (Å²) < 4.78 is 5.48. The lowest BCUT2D eigenvalue weighted by molar-refractivity contribution is 0.0602. The summed E-state index contributed by atoms with van der Waals surface area (Å²) in [5.74, 6) is 1.03. The summed E-state index contributed by atoms with van der Waals surface area (Å²) in [4.78, 5) is 14.8. The Balaban J connectivity index is 1.52. The van der Waals surface area contributed by atoms with Gasteiger partial charge in [-0.1, -0.05) is 18.2 Å². The van der Waals surface area contributed by atoms with E-state index in [-0.39, 0.29) is 5.91 Å². The van der Waals surface area contributed by atoms with Crippen molar-refractivity contribution in [3.8, 4) is 23.1 Å². The average Bonchev–Trinajstić information content (AvgIpc) is 3.08. The number of methoxy groups -OCH3 is 1. The first-order valence-corrected chi connectivity index (χ1v) is 9.51. The maximum Gasteiger partial charge on any atom is 0.253 e. The zero-order valence-corrected chi connectivity index (χ0v) is 16.7. The summed E-state index contributed by atoms with van der Waals surface area (Å²) in [5.41, 5.74) is 5.99. The Morgan fingerprint density at radius 3 is 2.59 bits per heavy atom. The van der Waals surface area contributed by atoms with Crippen LogP contribution in [0.2, 0.25) is 0 Å². The van der Waals surface area contributed by atoms with Crippen molar-refractivity contribution in [1.29, 1.82) is 5.26 Å². The average molecular weight is 386 g/mol. The Morgan fingerprint density at radius 2 is 1.93 bits per heavy atom. The molecule has 1 aliphatic heterocycles. The van der Waals surface area contributed by atoms with Crippen LogP contribution in [0.5, 0.6) is 5.75 Å². The lowest BCUT2D eigenvalue weighted by Gasteiger charge is -2.39. The number of aromatic amines is 1. The highest BCUT2D eigenvalue weighted by molar-refractivity contribution is 5.96. The lowest BCUT2D eigenvalue weighted by Crippen LogP contribution is -2.48. The molecular weight excluding hydrogens is 364 g/mol. The number of aromatic nitrogens is 2. The van der Waals surface area contributed by atoms with Gasteiger partial charge in [0.2, 0.25) is 0 Å². The molecule has 0 aliphatic carbocycles. The van der Waals surface area contributed by atoms with Gasteiger partial charge in [0.05, 0.1) is 18.7 Å². The van der Waals surface area contributed by atoms with E-state index < -0.39 is 0 Å². The van der Waals surface area contributed by atoms with Gasteiger partial charge in [-0.05, 0) is 49.2 Å². The van der Waals surface area contributed by atoms with Gasteiger partial charge >= 0.3 is 0 Å². The Morgan fingerprint density at radius 1 is 1.21 bits per heavy atom. The van der Waals surface area contributed by atoms with Crippen molar-refractivity contribution in [3.05, 3.63) is 70.4 Å². The molecule has 29 heavy (non-hydrogen) atoms. The number of carbonyl (C=O) groups excluding carboxylic acids is 1. The third-order valence-electron chi connectivity index (χ3n) is 5.53. The molecule has 1 fully saturated rings. The molecule has 6 nitrogen and oxygen atoms in total. The van der Waals surface area contributed by atoms with Crippen molar-refractivity contribution in [2.75, 3.05) is 20.2 Å². The molecule has 0 unspecified atom stereocenters. The number of rotatable bonds is 4. The van der Waals surface area contributed by atoms with Gasteiger partial charge in [-0.25, -0.2) is 0 Å². The molecule has 1 amide bonds. The number of ether oxygens (including phenoxy) is 1. The third kappa shape index (κ3) is 3.36. The maximum absolute atomic E-state index is 13.0. The monoisotopic (exact) mass is 386 g/mol. The zero-order chi connectivity index (χ0) is 20.5. The molecule has 1 N–H and O–H groups in total. The van der Waals surface area contributed by atoms with E-state index in [2.05, 4.69) is 16.3 Å². The number of hydrogen-bond acceptors (Lipinski definition) is 4. The summed E-state index contributed by atoms with van der Waals surface area (Å²) in [6, 6.07) is 15.5. The number of nitriles is 1. The molecule has 6 heteroatoms. The second-order valence-corrected chi connectivity index (χ2v) is 7.39. The van der Waals surface area contributed by atoms with E-state index in [1.807, 2.05) is 61.2 Å². The predicted octanol–water partition coefficient (Wildman–Crippen LogP) is 3.81. The summed E-state index contributed by atoms with van der Waals surface area (Å²) in [6.45, 7) is 5.25. The standard InChI is InChI=1S/C23H22N4O2/c1-14-4-7-18(10-20(14)21-22(29-3)15(2)25-26-21)23(28)27-12-19(13-27)17-8-5-16(11-24)6-9-17/h4-10,19H,12-13H2,1-3H3,(H,25,26). The summed E-state index contributed by atoms with van der Waals surface area (Å²) in [5, 5.41) is 16.2. The minimum atomic E-state index is 0.0198. The molecule has 0 bridgehead atoms. The molecule has 0 saturated carbocycles. The van der Waals surface area contributed by atoms with Crippen LogP contribution in [0.1, 0.15) is 38.7 Å². The highest BCUT2D eigenvalue weighted by Crippen LogP contribution is 2.34. The zero-order valence-electron chi connectivity index (χ0n) is 16.7. The van der Waals surface area contributed by atoms with Crippen molar-refractivity contribution in [2.45, 2.75) is 19.8 Å². The first-order chi connectivity index (χ1) is 14.0. The van der Waals surface area contributed by atoms with Gasteiger partial charge in [-0.3, -0.25) is 9.89 Å². The number of nitrogens with one attached hydrogen (secondary N) is 1. The third-order valence-corrected chi connectivity index (χ3v) is 5.53. The molecule has 0 radical (unpaired) electrons. The SMILES string of the molecule is COc1c(C)n[nH]c1-c1cc(C(=O)N2CC(c3ccc(C#N)cc3)C2)ccc1C. The Hall–Kier alpha value is -3.59. The molecule has 1 aliphatic rings. The van der Waals surface area contributed by atoms with E-state index in [0.29, 0.717) is 35.9 Å². The number of nitrogens with zero attached hydrogens (tertiary/aromatic N) is 3. The largest absolute Gasteiger partial charge is 0.493 e. The van der Waals surface area contributed by atoms with E-state index in [9.17, 15) is 4.79 Å². The van der Waals surface area contributed by atoms with E-state index in [4.69, 9.17) is 10.00 Å². The number of hydrogen-bond donors (Lipinski definition) is 1. The molecule has 2 heterocycles. The smallest absolute Gasteiger partial charge is 0.253 e. The number of aryl methyl sites for hydroxylation is 2. The summed E-state index contributed by atoms with van der Waals surface area (Å²) in [6.07, 6.45) is 0. The van der Waals surface area contributed by atoms with Gasteiger partial charge < -0.3 is 9.64 Å². The first-order valence-electron chi connectivity index (χ1n) is 9.51. The topological polar surface area (TPSA) is 82.0 Å². The van der Waals surface area contributed by atoms with Gasteiger partial charge in [-0.2, -0.15) is 10.4 Å². The fraction of sp³-hybridized carbons (Fsp3) is 0.261. The number of H-pyrrole nitrogens is 1. The molecule has 0 atom stereocenters. The first kappa shape index (κ1) is 18.8. The number of amides is 1. The fourth-order valence-electron chi connectivity index (χ4n) is 3.75. The van der Waals surface area contributed by atoms with Crippen molar-refractivity contribution in [1.82, 2.24) is 15.1 Å². The molecular formula is C23H22N4O2. The Kier molecular flexibility index (Phi) is 4.81. The van der Waals surface area contributed by atoms with Crippen LogP contribution in [0.25, 0.3) is 11.3 Å². The molecule has 146 valence electrons. The van der Waals surface area contributed by atoms with Crippen LogP contribution < -0.4 is 4.74 Å². The highest BCUT2D eigenvalue weighted by atomic mass is 16.5. The van der Waals surface area contributed by atoms with Gasteiger partial charge in [0.15, 0.2) is 5.75 Å². The normalized spacial score (nSPS) is 13.7. The number of benzene rings is 2. The minimum Gasteiger partial charge on any atom is -0.493 e.